The van der Waals surface area contributed by atoms with Crippen LogP contribution < -0.4 is 5.32 Å². The molecule has 0 spiro atoms. The van der Waals surface area contributed by atoms with Gasteiger partial charge in [-0.1, -0.05) is 30.3 Å². The van der Waals surface area contributed by atoms with Crippen LogP contribution in [0.1, 0.15) is 26.3 Å². The van der Waals surface area contributed by atoms with Gasteiger partial charge >= 0.3 is 5.97 Å². The summed E-state index contributed by atoms with van der Waals surface area (Å²) in [4.78, 5) is 23.3. The van der Waals surface area contributed by atoms with Gasteiger partial charge in [-0.25, -0.2) is 4.79 Å². The van der Waals surface area contributed by atoms with Crippen LogP contribution in [0.15, 0.2) is 30.3 Å². The molecule has 1 amide bonds. The summed E-state index contributed by atoms with van der Waals surface area (Å²) >= 11 is 0. The molecule has 0 heterocycles. The van der Waals surface area contributed by atoms with Crippen LogP contribution in [-0.4, -0.2) is 30.6 Å². The molecule has 0 bridgehead atoms. The monoisotopic (exact) mass is 279 g/mol. The van der Waals surface area contributed by atoms with Gasteiger partial charge in [0, 0.05) is 0 Å². The molecule has 1 aromatic rings. The maximum Gasteiger partial charge on any atom is 0.331 e. The number of hydrogen-bond donors (Lipinski definition) is 1. The SMILES string of the molecule is CCOC(=O)C(C)(C)NC(=O)COCc1ccccc1. The van der Waals surface area contributed by atoms with Crippen molar-refractivity contribution in [3.8, 4) is 0 Å². The first-order chi connectivity index (χ1) is 9.45. The zero-order chi connectivity index (χ0) is 15.0. The zero-order valence-corrected chi connectivity index (χ0v) is 12.1. The number of nitrogens with one attached hydrogen (secondary N) is 1. The summed E-state index contributed by atoms with van der Waals surface area (Å²) in [5, 5.41) is 2.59. The van der Waals surface area contributed by atoms with E-state index in [1.54, 1.807) is 20.8 Å². The molecule has 0 unspecified atom stereocenters. The van der Waals surface area contributed by atoms with Crippen LogP contribution in [0.3, 0.4) is 0 Å². The number of benzene rings is 1. The number of ether oxygens (including phenoxy) is 2. The van der Waals surface area contributed by atoms with E-state index in [2.05, 4.69) is 5.32 Å². The van der Waals surface area contributed by atoms with Crippen molar-refractivity contribution >= 4 is 11.9 Å². The molecule has 0 atom stereocenters. The molecule has 0 saturated heterocycles. The van der Waals surface area contributed by atoms with Gasteiger partial charge in [-0.2, -0.15) is 0 Å². The minimum Gasteiger partial charge on any atom is -0.464 e. The number of esters is 1. The van der Waals surface area contributed by atoms with Crippen LogP contribution in [0.4, 0.5) is 0 Å². The molecule has 1 rings (SSSR count). The lowest BCUT2D eigenvalue weighted by atomic mass is 10.1. The molecule has 0 aliphatic heterocycles. The highest BCUT2D eigenvalue weighted by Gasteiger charge is 2.30. The maximum atomic E-state index is 11.7. The lowest BCUT2D eigenvalue weighted by Gasteiger charge is -2.23. The van der Waals surface area contributed by atoms with E-state index in [4.69, 9.17) is 9.47 Å². The molecule has 0 aromatic heterocycles. The standard InChI is InChI=1S/C15H21NO4/c1-4-20-14(18)15(2,3)16-13(17)11-19-10-12-8-6-5-7-9-12/h5-9H,4,10-11H2,1-3H3,(H,16,17). The molecular formula is C15H21NO4. The Hall–Kier alpha value is -1.88. The van der Waals surface area contributed by atoms with E-state index in [1.807, 2.05) is 30.3 Å². The highest BCUT2D eigenvalue weighted by molar-refractivity contribution is 5.87. The smallest absolute Gasteiger partial charge is 0.331 e. The molecule has 20 heavy (non-hydrogen) atoms. The molecule has 0 aliphatic carbocycles. The van der Waals surface area contributed by atoms with Crippen molar-refractivity contribution < 1.29 is 19.1 Å². The minimum atomic E-state index is -1.05. The van der Waals surface area contributed by atoms with E-state index >= 15 is 0 Å². The summed E-state index contributed by atoms with van der Waals surface area (Å²) < 4.78 is 10.2. The predicted molar refractivity (Wildman–Crippen MR) is 75.0 cm³/mol. The molecule has 5 heteroatoms. The Morgan fingerprint density at radius 2 is 1.85 bits per heavy atom. The summed E-state index contributed by atoms with van der Waals surface area (Å²) in [6, 6.07) is 9.56. The Morgan fingerprint density at radius 3 is 2.45 bits per heavy atom. The van der Waals surface area contributed by atoms with Crippen molar-refractivity contribution in [1.29, 1.82) is 0 Å². The normalized spacial score (nSPS) is 10.9. The number of amides is 1. The van der Waals surface area contributed by atoms with Gasteiger partial charge in [0.25, 0.3) is 0 Å². The van der Waals surface area contributed by atoms with Crippen molar-refractivity contribution in [2.24, 2.45) is 0 Å². The Bertz CT molecular complexity index is 442. The highest BCUT2D eigenvalue weighted by Crippen LogP contribution is 2.05. The van der Waals surface area contributed by atoms with Gasteiger partial charge in [-0.3, -0.25) is 4.79 Å². The summed E-state index contributed by atoms with van der Waals surface area (Å²) in [6.45, 7) is 5.45. The second-order valence-corrected chi connectivity index (χ2v) is 4.87. The Kier molecular flexibility index (Phi) is 6.18. The van der Waals surface area contributed by atoms with Crippen LogP contribution in [0, 0.1) is 0 Å². The molecule has 0 saturated carbocycles. The third-order valence-corrected chi connectivity index (χ3v) is 2.58. The quantitative estimate of drug-likeness (QED) is 0.771. The van der Waals surface area contributed by atoms with Crippen molar-refractivity contribution in [2.75, 3.05) is 13.2 Å². The molecule has 1 aromatic carbocycles. The molecule has 0 fully saturated rings. The Labute approximate surface area is 119 Å². The van der Waals surface area contributed by atoms with Crippen molar-refractivity contribution in [1.82, 2.24) is 5.32 Å². The van der Waals surface area contributed by atoms with Gasteiger partial charge < -0.3 is 14.8 Å². The van der Waals surface area contributed by atoms with Crippen LogP contribution >= 0.6 is 0 Å². The van der Waals surface area contributed by atoms with Crippen molar-refractivity contribution in [3.63, 3.8) is 0 Å². The van der Waals surface area contributed by atoms with Crippen molar-refractivity contribution in [2.45, 2.75) is 32.9 Å². The lowest BCUT2D eigenvalue weighted by molar-refractivity contribution is -0.152. The fourth-order valence-corrected chi connectivity index (χ4v) is 1.58. The number of rotatable bonds is 7. The first-order valence-electron chi connectivity index (χ1n) is 6.55. The average Bonchev–Trinajstić information content (AvgIpc) is 2.39. The van der Waals surface area contributed by atoms with Gasteiger partial charge in [0.2, 0.25) is 5.91 Å². The van der Waals surface area contributed by atoms with E-state index in [9.17, 15) is 9.59 Å². The Balaban J connectivity index is 2.34. The molecular weight excluding hydrogens is 258 g/mol. The fraction of sp³-hybridized carbons (Fsp3) is 0.467. The van der Waals surface area contributed by atoms with Gasteiger partial charge in [0.05, 0.1) is 13.2 Å². The summed E-state index contributed by atoms with van der Waals surface area (Å²) in [5.74, 6) is -0.810. The summed E-state index contributed by atoms with van der Waals surface area (Å²) in [7, 11) is 0. The average molecular weight is 279 g/mol. The largest absolute Gasteiger partial charge is 0.464 e. The first-order valence-corrected chi connectivity index (χ1v) is 6.55. The number of carbonyl (C=O) groups is 2. The third kappa shape index (κ3) is 5.40. The van der Waals surface area contributed by atoms with Crippen LogP contribution in [0.25, 0.3) is 0 Å². The fourth-order valence-electron chi connectivity index (χ4n) is 1.58. The topological polar surface area (TPSA) is 64.6 Å². The van der Waals surface area contributed by atoms with E-state index in [0.717, 1.165) is 5.56 Å². The third-order valence-electron chi connectivity index (χ3n) is 2.58. The zero-order valence-electron chi connectivity index (χ0n) is 12.1. The highest BCUT2D eigenvalue weighted by atomic mass is 16.5. The second-order valence-electron chi connectivity index (χ2n) is 4.87. The number of carbonyl (C=O) groups excluding carboxylic acids is 2. The summed E-state index contributed by atoms with van der Waals surface area (Å²) in [5.41, 5.74) is -0.0617. The maximum absolute atomic E-state index is 11.7. The van der Waals surface area contributed by atoms with Crippen LogP contribution in [0.2, 0.25) is 0 Å². The van der Waals surface area contributed by atoms with Crippen LogP contribution in [-0.2, 0) is 25.7 Å². The van der Waals surface area contributed by atoms with Gasteiger partial charge in [-0.05, 0) is 26.3 Å². The van der Waals surface area contributed by atoms with E-state index in [0.29, 0.717) is 6.61 Å². The molecule has 0 radical (unpaired) electrons. The minimum absolute atomic E-state index is 0.0995. The van der Waals surface area contributed by atoms with Crippen molar-refractivity contribution in [3.05, 3.63) is 35.9 Å². The summed E-state index contributed by atoms with van der Waals surface area (Å²) in [6.07, 6.45) is 0. The molecule has 110 valence electrons. The molecule has 0 aliphatic rings. The second kappa shape index (κ2) is 7.65. The number of hydrogen-bond acceptors (Lipinski definition) is 4. The molecule has 5 nitrogen and oxygen atoms in total. The predicted octanol–water partition coefficient (Wildman–Crippen LogP) is 1.66. The van der Waals surface area contributed by atoms with Crippen LogP contribution in [0.5, 0.6) is 0 Å². The first kappa shape index (κ1) is 16.2. The van der Waals surface area contributed by atoms with Gasteiger partial charge in [0.1, 0.15) is 12.1 Å². The van der Waals surface area contributed by atoms with Gasteiger partial charge in [0.15, 0.2) is 0 Å². The van der Waals surface area contributed by atoms with E-state index in [-0.39, 0.29) is 19.1 Å². The Morgan fingerprint density at radius 1 is 1.20 bits per heavy atom. The lowest BCUT2D eigenvalue weighted by Crippen LogP contribution is -2.51. The molecule has 1 N–H and O–H groups in total. The van der Waals surface area contributed by atoms with Gasteiger partial charge in [-0.15, -0.1) is 0 Å². The van der Waals surface area contributed by atoms with E-state index in [1.165, 1.54) is 0 Å². The van der Waals surface area contributed by atoms with E-state index < -0.39 is 11.5 Å².